The Labute approximate surface area is 347 Å². The molecule has 0 spiro atoms. The van der Waals surface area contributed by atoms with Crippen LogP contribution in [0.15, 0.2) is 176 Å². The van der Waals surface area contributed by atoms with Crippen LogP contribution >= 0.6 is 11.3 Å². The molecular weight excluding hydrogens is 719 g/mol. The van der Waals surface area contributed by atoms with Crippen LogP contribution in [0.1, 0.15) is 69.9 Å². The van der Waals surface area contributed by atoms with Gasteiger partial charge in [0.1, 0.15) is 0 Å². The standard InChI is InChI=1S/C56H49NS/c1-56(2,3)42-34-35-44(38-18-6-4-7-19-38)52(37-42)57(43-25-14-24-41(36-43)46-29-17-31-50-48-27-11-13-33-53(48)58-55(46)50)51-32-12-10-26-47(51)49-30-16-23-40-22-15-28-45(54(40)49)39-20-8-5-9-21-39/h4,6-7,10-19,22-37,39H,5,8-9,20-21H2,1-3H3. The van der Waals surface area contributed by atoms with Gasteiger partial charge in [0, 0.05) is 37.0 Å². The van der Waals surface area contributed by atoms with Gasteiger partial charge in [0.25, 0.3) is 0 Å². The summed E-state index contributed by atoms with van der Waals surface area (Å²) >= 11 is 1.89. The molecule has 1 saturated carbocycles. The Balaban J connectivity index is 1.25. The predicted molar refractivity (Wildman–Crippen MR) is 252 cm³/mol. The predicted octanol–water partition coefficient (Wildman–Crippen LogP) is 17.0. The summed E-state index contributed by atoms with van der Waals surface area (Å²) in [6.45, 7) is 6.96. The van der Waals surface area contributed by atoms with Crippen LogP contribution in [-0.2, 0) is 5.41 Å². The number of hydrogen-bond donors (Lipinski definition) is 0. The maximum atomic E-state index is 2.56. The average molecular weight is 768 g/mol. The molecule has 0 radical (unpaired) electrons. The molecular formula is C56H49NS. The van der Waals surface area contributed by atoms with E-state index in [1.54, 1.807) is 0 Å². The fourth-order valence-electron chi connectivity index (χ4n) is 9.48. The Hall–Kier alpha value is -5.96. The highest BCUT2D eigenvalue weighted by Gasteiger charge is 2.26. The SMILES string of the molecule is CC(C)(C)c1ccc(-c2ccccc2)c(N(c2cccc(-c3cccc4c3sc3ccccc34)c2)c2ccccc2-c2cccc3cccc(C4CCCCC4)c23)c1. The number of para-hydroxylation sites is 1. The zero-order chi connectivity index (χ0) is 39.2. The van der Waals surface area contributed by atoms with E-state index in [1.165, 1.54) is 119 Å². The smallest absolute Gasteiger partial charge is 0.0543 e. The van der Waals surface area contributed by atoms with Gasteiger partial charge < -0.3 is 4.90 Å². The highest BCUT2D eigenvalue weighted by atomic mass is 32.1. The molecule has 8 aromatic carbocycles. The van der Waals surface area contributed by atoms with Crippen molar-refractivity contribution in [3.05, 3.63) is 187 Å². The molecule has 284 valence electrons. The first-order valence-corrected chi connectivity index (χ1v) is 21.9. The summed E-state index contributed by atoms with van der Waals surface area (Å²) in [5, 5.41) is 5.37. The van der Waals surface area contributed by atoms with Crippen LogP contribution in [0.4, 0.5) is 17.1 Å². The normalized spacial score (nSPS) is 13.7. The minimum atomic E-state index is -0.0433. The molecule has 1 aliphatic carbocycles. The quantitative estimate of drug-likeness (QED) is 0.156. The van der Waals surface area contributed by atoms with Crippen LogP contribution in [0.2, 0.25) is 0 Å². The molecule has 1 fully saturated rings. The topological polar surface area (TPSA) is 3.24 Å². The van der Waals surface area contributed by atoms with Crippen molar-refractivity contribution in [2.45, 2.75) is 64.2 Å². The van der Waals surface area contributed by atoms with E-state index in [9.17, 15) is 0 Å². The van der Waals surface area contributed by atoms with Crippen molar-refractivity contribution in [1.82, 2.24) is 0 Å². The molecule has 0 N–H and O–H groups in total. The number of benzene rings is 8. The molecule has 0 aliphatic heterocycles. The second kappa shape index (κ2) is 15.1. The number of nitrogens with zero attached hydrogens (tertiary/aromatic N) is 1. The van der Waals surface area contributed by atoms with E-state index in [2.05, 4.69) is 202 Å². The molecule has 58 heavy (non-hydrogen) atoms. The number of hydrogen-bond acceptors (Lipinski definition) is 2. The third-order valence-electron chi connectivity index (χ3n) is 12.4. The Morgan fingerprint density at radius 2 is 1.17 bits per heavy atom. The Kier molecular flexibility index (Phi) is 9.46. The van der Waals surface area contributed by atoms with Crippen molar-refractivity contribution in [2.24, 2.45) is 0 Å². The van der Waals surface area contributed by atoms with Crippen LogP contribution < -0.4 is 4.90 Å². The first-order chi connectivity index (χ1) is 28.4. The van der Waals surface area contributed by atoms with Gasteiger partial charge in [0.2, 0.25) is 0 Å². The van der Waals surface area contributed by atoms with Crippen molar-refractivity contribution in [3.8, 4) is 33.4 Å². The van der Waals surface area contributed by atoms with E-state index in [0.717, 1.165) is 5.69 Å². The van der Waals surface area contributed by atoms with Gasteiger partial charge in [-0.15, -0.1) is 11.3 Å². The summed E-state index contributed by atoms with van der Waals surface area (Å²) in [4.78, 5) is 2.56. The van der Waals surface area contributed by atoms with Crippen LogP contribution in [0.5, 0.6) is 0 Å². The monoisotopic (exact) mass is 767 g/mol. The lowest BCUT2D eigenvalue weighted by molar-refractivity contribution is 0.445. The fraction of sp³-hybridized carbons (Fsp3) is 0.179. The molecule has 2 heteroatoms. The maximum Gasteiger partial charge on any atom is 0.0543 e. The van der Waals surface area contributed by atoms with Gasteiger partial charge in [-0.3, -0.25) is 0 Å². The van der Waals surface area contributed by atoms with E-state index >= 15 is 0 Å². The van der Waals surface area contributed by atoms with Crippen molar-refractivity contribution in [1.29, 1.82) is 0 Å². The Morgan fingerprint density at radius 1 is 0.500 bits per heavy atom. The lowest BCUT2D eigenvalue weighted by atomic mass is 9.80. The van der Waals surface area contributed by atoms with Gasteiger partial charge in [0.15, 0.2) is 0 Å². The average Bonchev–Trinajstić information content (AvgIpc) is 3.66. The lowest BCUT2D eigenvalue weighted by Crippen LogP contribution is -2.16. The number of rotatable bonds is 7. The van der Waals surface area contributed by atoms with Crippen molar-refractivity contribution >= 4 is 59.3 Å². The van der Waals surface area contributed by atoms with E-state index in [4.69, 9.17) is 0 Å². The Morgan fingerprint density at radius 3 is 2.02 bits per heavy atom. The summed E-state index contributed by atoms with van der Waals surface area (Å²) in [6, 6.07) is 66.0. The van der Waals surface area contributed by atoms with Crippen molar-refractivity contribution < 1.29 is 0 Å². The largest absolute Gasteiger partial charge is 0.309 e. The molecule has 1 nitrogen and oxygen atoms in total. The molecule has 1 aromatic heterocycles. The second-order valence-electron chi connectivity index (χ2n) is 17.1. The summed E-state index contributed by atoms with van der Waals surface area (Å²) in [7, 11) is 0. The molecule has 1 heterocycles. The zero-order valence-electron chi connectivity index (χ0n) is 33.7. The van der Waals surface area contributed by atoms with Crippen molar-refractivity contribution in [2.75, 3.05) is 4.90 Å². The number of thiophene rings is 1. The van der Waals surface area contributed by atoms with E-state index < -0.39 is 0 Å². The van der Waals surface area contributed by atoms with E-state index in [1.807, 2.05) is 11.3 Å². The van der Waals surface area contributed by atoms with Crippen LogP contribution in [0, 0.1) is 0 Å². The molecule has 0 unspecified atom stereocenters. The summed E-state index contributed by atoms with van der Waals surface area (Å²) in [5.41, 5.74) is 13.7. The first kappa shape index (κ1) is 36.4. The molecule has 0 bridgehead atoms. The van der Waals surface area contributed by atoms with Gasteiger partial charge in [-0.1, -0.05) is 186 Å². The lowest BCUT2D eigenvalue weighted by Gasteiger charge is -2.32. The minimum absolute atomic E-state index is 0.0433. The molecule has 1 aliphatic rings. The van der Waals surface area contributed by atoms with E-state index in [0.29, 0.717) is 5.92 Å². The van der Waals surface area contributed by atoms with Gasteiger partial charge >= 0.3 is 0 Å². The van der Waals surface area contributed by atoms with Crippen LogP contribution in [0.25, 0.3) is 64.3 Å². The Bertz CT molecular complexity index is 2920. The van der Waals surface area contributed by atoms with Gasteiger partial charge in [-0.05, 0) is 98.7 Å². The van der Waals surface area contributed by atoms with E-state index in [-0.39, 0.29) is 5.41 Å². The van der Waals surface area contributed by atoms with Gasteiger partial charge in [-0.2, -0.15) is 0 Å². The number of anilines is 3. The molecule has 9 aromatic rings. The third-order valence-corrected chi connectivity index (χ3v) is 13.6. The second-order valence-corrected chi connectivity index (χ2v) is 18.2. The maximum absolute atomic E-state index is 2.56. The summed E-state index contributed by atoms with van der Waals surface area (Å²) in [5.74, 6) is 0.586. The molecule has 10 rings (SSSR count). The summed E-state index contributed by atoms with van der Waals surface area (Å²) in [6.07, 6.45) is 6.50. The zero-order valence-corrected chi connectivity index (χ0v) is 34.5. The first-order valence-electron chi connectivity index (χ1n) is 21.0. The van der Waals surface area contributed by atoms with Gasteiger partial charge in [0.05, 0.1) is 11.4 Å². The number of fused-ring (bicyclic) bond motifs is 4. The van der Waals surface area contributed by atoms with Crippen LogP contribution in [0.3, 0.4) is 0 Å². The minimum Gasteiger partial charge on any atom is -0.309 e. The third kappa shape index (κ3) is 6.60. The highest BCUT2D eigenvalue weighted by Crippen LogP contribution is 2.49. The van der Waals surface area contributed by atoms with Gasteiger partial charge in [-0.25, -0.2) is 0 Å². The molecule has 0 amide bonds. The highest BCUT2D eigenvalue weighted by molar-refractivity contribution is 7.26. The molecule has 0 saturated heterocycles. The molecule has 0 atom stereocenters. The summed E-state index contributed by atoms with van der Waals surface area (Å²) < 4.78 is 2.66. The van der Waals surface area contributed by atoms with Crippen LogP contribution in [-0.4, -0.2) is 0 Å². The fourth-order valence-corrected chi connectivity index (χ4v) is 10.7. The van der Waals surface area contributed by atoms with Crippen molar-refractivity contribution in [3.63, 3.8) is 0 Å².